The van der Waals surface area contributed by atoms with Crippen molar-refractivity contribution in [3.63, 3.8) is 0 Å². The smallest absolute Gasteiger partial charge is 0.129 e. The van der Waals surface area contributed by atoms with Crippen molar-refractivity contribution in [2.45, 2.75) is 24.0 Å². The molecule has 1 aliphatic rings. The van der Waals surface area contributed by atoms with Crippen LogP contribution in [0.3, 0.4) is 0 Å². The molecule has 98 valence electrons. The molecule has 1 fully saturated rings. The minimum atomic E-state index is -1.01. The van der Waals surface area contributed by atoms with Crippen molar-refractivity contribution in [1.82, 2.24) is 10.3 Å². The van der Waals surface area contributed by atoms with E-state index in [-0.39, 0.29) is 0 Å². The fourth-order valence-electron chi connectivity index (χ4n) is 2.34. The van der Waals surface area contributed by atoms with Crippen molar-refractivity contribution < 1.29 is 4.21 Å². The van der Waals surface area contributed by atoms with Gasteiger partial charge in [0, 0.05) is 29.8 Å². The summed E-state index contributed by atoms with van der Waals surface area (Å²) in [6.07, 6.45) is 4.50. The van der Waals surface area contributed by atoms with Crippen LogP contribution in [0.15, 0.2) is 18.3 Å². The molecule has 0 spiro atoms. The van der Waals surface area contributed by atoms with Crippen LogP contribution in [-0.2, 0) is 15.5 Å². The molecule has 2 heterocycles. The molecule has 3 nitrogen and oxygen atoms in total. The number of likely N-dealkylation sites (N-methyl/N-ethyl adjacent to an activating group) is 1. The number of hydrogen-bond donors (Lipinski definition) is 1. The summed E-state index contributed by atoms with van der Waals surface area (Å²) in [5.41, 5.74) is 0.893. The van der Waals surface area contributed by atoms with Gasteiger partial charge in [0.05, 0.1) is 4.99 Å². The maximum Gasteiger partial charge on any atom is 0.129 e. The highest BCUT2D eigenvalue weighted by Crippen LogP contribution is 2.38. The lowest BCUT2D eigenvalue weighted by molar-refractivity contribution is 0.573. The first kappa shape index (κ1) is 13.9. The van der Waals surface area contributed by atoms with E-state index < -0.39 is 15.5 Å². The van der Waals surface area contributed by atoms with Crippen molar-refractivity contribution in [2.24, 2.45) is 0 Å². The third-order valence-corrected chi connectivity index (χ3v) is 6.27. The first-order valence-corrected chi connectivity index (χ1v) is 7.94. The molecular formula is C12H15ClN2OS2. The lowest BCUT2D eigenvalue weighted by atomic mass is 9.93. The second kappa shape index (κ2) is 5.63. The van der Waals surface area contributed by atoms with E-state index in [0.29, 0.717) is 15.9 Å². The summed E-state index contributed by atoms with van der Waals surface area (Å²) in [5, 5.41) is 3.43. The Labute approximate surface area is 120 Å². The Hall–Kier alpha value is -0.520. The number of hydrogen-bond acceptors (Lipinski definition) is 3. The molecule has 2 rings (SSSR count). The zero-order valence-corrected chi connectivity index (χ0v) is 12.5. The van der Waals surface area contributed by atoms with Gasteiger partial charge in [-0.2, -0.15) is 0 Å². The zero-order valence-electron chi connectivity index (χ0n) is 10.1. The van der Waals surface area contributed by atoms with E-state index in [1.165, 1.54) is 0 Å². The summed E-state index contributed by atoms with van der Waals surface area (Å²) in [5.74, 6) is 0.685. The lowest BCUT2D eigenvalue weighted by Gasteiger charge is -2.36. The van der Waals surface area contributed by atoms with Gasteiger partial charge in [0.25, 0.3) is 0 Å². The molecule has 0 aromatic carbocycles. The third-order valence-electron chi connectivity index (χ3n) is 3.28. The van der Waals surface area contributed by atoms with Crippen LogP contribution in [0, 0.1) is 0 Å². The van der Waals surface area contributed by atoms with Gasteiger partial charge < -0.3 is 5.32 Å². The summed E-state index contributed by atoms with van der Waals surface area (Å²) >= 11 is 11.2. The monoisotopic (exact) mass is 302 g/mol. The average Bonchev–Trinajstić information content (AvgIpc) is 2.40. The van der Waals surface area contributed by atoms with Gasteiger partial charge in [0.2, 0.25) is 0 Å². The fourth-order valence-corrected chi connectivity index (χ4v) is 4.83. The summed E-state index contributed by atoms with van der Waals surface area (Å²) < 4.78 is 11.9. The molecule has 1 aromatic heterocycles. The van der Waals surface area contributed by atoms with E-state index in [1.807, 2.05) is 6.07 Å². The van der Waals surface area contributed by atoms with Crippen LogP contribution in [-0.4, -0.2) is 27.0 Å². The van der Waals surface area contributed by atoms with E-state index in [0.717, 1.165) is 24.8 Å². The number of halogens is 1. The Morgan fingerprint density at radius 2 is 2.33 bits per heavy atom. The molecule has 0 aliphatic carbocycles. The van der Waals surface area contributed by atoms with Crippen molar-refractivity contribution >= 4 is 39.6 Å². The van der Waals surface area contributed by atoms with E-state index >= 15 is 0 Å². The number of nitrogens with zero attached hydrogens (tertiary/aromatic N) is 1. The molecule has 1 aromatic rings. The molecule has 1 aliphatic heterocycles. The van der Waals surface area contributed by atoms with Gasteiger partial charge in [0.1, 0.15) is 9.90 Å². The number of pyridine rings is 1. The van der Waals surface area contributed by atoms with Crippen LogP contribution in [0.25, 0.3) is 0 Å². The summed E-state index contributed by atoms with van der Waals surface area (Å²) in [6, 6.07) is 3.60. The Kier molecular flexibility index (Phi) is 4.35. The van der Waals surface area contributed by atoms with Gasteiger partial charge in [-0.15, -0.1) is 0 Å². The first-order valence-electron chi connectivity index (χ1n) is 5.84. The predicted octanol–water partition coefficient (Wildman–Crippen LogP) is 2.41. The van der Waals surface area contributed by atoms with Crippen LogP contribution in [0.1, 0.15) is 24.8 Å². The zero-order chi connectivity index (χ0) is 13.2. The van der Waals surface area contributed by atoms with Crippen molar-refractivity contribution in [2.75, 3.05) is 12.8 Å². The maximum atomic E-state index is 12.5. The lowest BCUT2D eigenvalue weighted by Crippen LogP contribution is -2.48. The Balaban J connectivity index is 2.51. The molecule has 0 unspecified atom stereocenters. The highest BCUT2D eigenvalue weighted by molar-refractivity contribution is 7.90. The molecule has 0 radical (unpaired) electrons. The summed E-state index contributed by atoms with van der Waals surface area (Å²) in [4.78, 5) is 4.72. The van der Waals surface area contributed by atoms with Gasteiger partial charge in [0.15, 0.2) is 0 Å². The largest absolute Gasteiger partial charge is 0.381 e. The first-order chi connectivity index (χ1) is 8.61. The Bertz CT molecular complexity index is 467. The van der Waals surface area contributed by atoms with E-state index in [2.05, 4.69) is 10.3 Å². The molecule has 6 heteroatoms. The van der Waals surface area contributed by atoms with Gasteiger partial charge in [-0.3, -0.25) is 4.21 Å². The highest BCUT2D eigenvalue weighted by atomic mass is 35.5. The van der Waals surface area contributed by atoms with E-state index in [4.69, 9.17) is 23.8 Å². The van der Waals surface area contributed by atoms with Gasteiger partial charge in [-0.25, -0.2) is 4.98 Å². The predicted molar refractivity (Wildman–Crippen MR) is 79.4 cm³/mol. The van der Waals surface area contributed by atoms with Gasteiger partial charge in [-0.1, -0.05) is 36.3 Å². The van der Waals surface area contributed by atoms with Gasteiger partial charge in [-0.05, 0) is 24.5 Å². The third kappa shape index (κ3) is 2.31. The summed E-state index contributed by atoms with van der Waals surface area (Å²) in [7, 11) is 0.766. The molecule has 1 saturated heterocycles. The second-order valence-corrected chi connectivity index (χ2v) is 6.87. The van der Waals surface area contributed by atoms with Crippen molar-refractivity contribution in [3.8, 4) is 0 Å². The highest BCUT2D eigenvalue weighted by Gasteiger charge is 2.44. The molecule has 0 saturated carbocycles. The second-order valence-electron chi connectivity index (χ2n) is 4.28. The number of nitrogens with one attached hydrogen (secondary N) is 1. The van der Waals surface area contributed by atoms with Crippen molar-refractivity contribution in [3.05, 3.63) is 29.0 Å². The van der Waals surface area contributed by atoms with Crippen LogP contribution < -0.4 is 5.32 Å². The van der Waals surface area contributed by atoms with Crippen LogP contribution in [0.5, 0.6) is 0 Å². The quantitative estimate of drug-likeness (QED) is 0.673. The Morgan fingerprint density at radius 1 is 1.56 bits per heavy atom. The normalized spacial score (nSPS) is 27.8. The van der Waals surface area contributed by atoms with Gasteiger partial charge >= 0.3 is 0 Å². The molecule has 18 heavy (non-hydrogen) atoms. The SMILES string of the molecule is CNC(=S)[C@]1(c2ccc(Cl)nc2)CCCC[S@]1=O. The molecule has 0 bridgehead atoms. The summed E-state index contributed by atoms with van der Waals surface area (Å²) in [6.45, 7) is 0. The average molecular weight is 303 g/mol. The standard InChI is InChI=1S/C12H15ClN2OS2/c1-14-11(17)12(6-2-3-7-18(12)16)9-4-5-10(13)15-8-9/h4-5,8H,2-3,6-7H2,1H3,(H,14,17)/t12-,18-/m1/s1. The van der Waals surface area contributed by atoms with E-state index in [1.54, 1.807) is 19.3 Å². The maximum absolute atomic E-state index is 12.5. The van der Waals surface area contributed by atoms with Crippen LogP contribution in [0.2, 0.25) is 5.15 Å². The molecular weight excluding hydrogens is 288 g/mol. The minimum absolute atomic E-state index is 0.436. The minimum Gasteiger partial charge on any atom is -0.381 e. The number of thiocarbonyl (C=S) groups is 1. The van der Waals surface area contributed by atoms with Crippen LogP contribution >= 0.6 is 23.8 Å². The Morgan fingerprint density at radius 3 is 2.89 bits per heavy atom. The number of rotatable bonds is 2. The van der Waals surface area contributed by atoms with Crippen molar-refractivity contribution in [1.29, 1.82) is 0 Å². The van der Waals surface area contributed by atoms with E-state index in [9.17, 15) is 4.21 Å². The topological polar surface area (TPSA) is 42.0 Å². The molecule has 2 atom stereocenters. The molecule has 0 amide bonds. The fraction of sp³-hybridized carbons (Fsp3) is 0.500. The van der Waals surface area contributed by atoms with Crippen LogP contribution in [0.4, 0.5) is 0 Å². The number of aromatic nitrogens is 1. The molecule has 1 N–H and O–H groups in total.